The SMILES string of the molecule is CC(C)CNCCN(C)Cc1ccc2c(c1)CCO2. The molecule has 106 valence electrons. The molecule has 1 heterocycles. The van der Waals surface area contributed by atoms with Gasteiger partial charge in [-0.2, -0.15) is 0 Å². The molecular formula is C16H26N2O. The van der Waals surface area contributed by atoms with Crippen molar-refractivity contribution in [3.8, 4) is 5.75 Å². The Morgan fingerprint density at radius 2 is 2.21 bits per heavy atom. The standard InChI is InChI=1S/C16H26N2O/c1-13(2)11-17-7-8-18(3)12-14-4-5-16-15(10-14)6-9-19-16/h4-5,10,13,17H,6-9,11-12H2,1-3H3. The molecule has 0 bridgehead atoms. The second-order valence-corrected chi connectivity index (χ2v) is 5.88. The van der Waals surface area contributed by atoms with Crippen LogP contribution in [0, 0.1) is 5.92 Å². The number of nitrogens with one attached hydrogen (secondary N) is 1. The molecule has 3 heteroatoms. The summed E-state index contributed by atoms with van der Waals surface area (Å²) < 4.78 is 5.54. The first-order valence-electron chi connectivity index (χ1n) is 7.29. The molecule has 0 spiro atoms. The van der Waals surface area contributed by atoms with Crippen LogP contribution in [0.1, 0.15) is 25.0 Å². The zero-order chi connectivity index (χ0) is 13.7. The van der Waals surface area contributed by atoms with Gasteiger partial charge in [0, 0.05) is 26.1 Å². The molecule has 0 fully saturated rings. The van der Waals surface area contributed by atoms with Crippen LogP contribution in [0.3, 0.4) is 0 Å². The first-order chi connectivity index (χ1) is 9.15. The van der Waals surface area contributed by atoms with Crippen molar-refractivity contribution in [3.05, 3.63) is 29.3 Å². The van der Waals surface area contributed by atoms with E-state index in [0.29, 0.717) is 0 Å². The molecule has 1 N–H and O–H groups in total. The van der Waals surface area contributed by atoms with Gasteiger partial charge in [-0.15, -0.1) is 0 Å². The molecule has 0 unspecified atom stereocenters. The quantitative estimate of drug-likeness (QED) is 0.763. The number of fused-ring (bicyclic) bond motifs is 1. The minimum atomic E-state index is 0.724. The smallest absolute Gasteiger partial charge is 0.122 e. The van der Waals surface area contributed by atoms with Crippen LogP contribution in [0.2, 0.25) is 0 Å². The fourth-order valence-electron chi connectivity index (χ4n) is 2.39. The van der Waals surface area contributed by atoms with Crippen molar-refractivity contribution in [1.29, 1.82) is 0 Å². The second-order valence-electron chi connectivity index (χ2n) is 5.88. The molecule has 0 aromatic heterocycles. The van der Waals surface area contributed by atoms with Crippen molar-refractivity contribution in [1.82, 2.24) is 10.2 Å². The third kappa shape index (κ3) is 4.51. The number of ether oxygens (including phenoxy) is 1. The molecule has 3 nitrogen and oxygen atoms in total. The van der Waals surface area contributed by atoms with Crippen molar-refractivity contribution in [2.24, 2.45) is 5.92 Å². The first kappa shape index (κ1) is 14.4. The zero-order valence-corrected chi connectivity index (χ0v) is 12.4. The largest absolute Gasteiger partial charge is 0.493 e. The van der Waals surface area contributed by atoms with Crippen LogP contribution in [0.15, 0.2) is 18.2 Å². The van der Waals surface area contributed by atoms with Crippen LogP contribution in [0.4, 0.5) is 0 Å². The monoisotopic (exact) mass is 262 g/mol. The Hall–Kier alpha value is -1.06. The van der Waals surface area contributed by atoms with Crippen LogP contribution in [-0.2, 0) is 13.0 Å². The predicted octanol–water partition coefficient (Wildman–Crippen LogP) is 2.30. The average Bonchev–Trinajstić information content (AvgIpc) is 2.82. The van der Waals surface area contributed by atoms with Crippen LogP contribution < -0.4 is 10.1 Å². The number of nitrogens with zero attached hydrogens (tertiary/aromatic N) is 1. The molecule has 0 amide bonds. The maximum Gasteiger partial charge on any atom is 0.122 e. The summed E-state index contributed by atoms with van der Waals surface area (Å²) in [6.45, 7) is 9.57. The van der Waals surface area contributed by atoms with E-state index in [2.05, 4.69) is 49.3 Å². The van der Waals surface area contributed by atoms with Gasteiger partial charge in [-0.1, -0.05) is 26.0 Å². The number of benzene rings is 1. The molecule has 0 saturated carbocycles. The van der Waals surface area contributed by atoms with E-state index in [4.69, 9.17) is 4.74 Å². The molecule has 19 heavy (non-hydrogen) atoms. The lowest BCUT2D eigenvalue weighted by Crippen LogP contribution is -2.30. The maximum atomic E-state index is 5.54. The van der Waals surface area contributed by atoms with Gasteiger partial charge in [0.05, 0.1) is 6.61 Å². The highest BCUT2D eigenvalue weighted by Crippen LogP contribution is 2.26. The summed E-state index contributed by atoms with van der Waals surface area (Å²) in [5.41, 5.74) is 2.75. The van der Waals surface area contributed by atoms with Gasteiger partial charge in [-0.05, 0) is 36.7 Å². The van der Waals surface area contributed by atoms with Crippen LogP contribution in [0.25, 0.3) is 0 Å². The molecular weight excluding hydrogens is 236 g/mol. The lowest BCUT2D eigenvalue weighted by molar-refractivity contribution is 0.321. The van der Waals surface area contributed by atoms with E-state index in [9.17, 15) is 0 Å². The molecule has 0 atom stereocenters. The molecule has 0 radical (unpaired) electrons. The van der Waals surface area contributed by atoms with Gasteiger partial charge in [0.2, 0.25) is 0 Å². The molecule has 0 aliphatic carbocycles. The van der Waals surface area contributed by atoms with E-state index in [1.54, 1.807) is 0 Å². The van der Waals surface area contributed by atoms with E-state index in [1.807, 2.05) is 0 Å². The van der Waals surface area contributed by atoms with E-state index in [1.165, 1.54) is 11.1 Å². The third-order valence-corrected chi connectivity index (χ3v) is 3.43. The predicted molar refractivity (Wildman–Crippen MR) is 79.7 cm³/mol. The second kappa shape index (κ2) is 6.92. The average molecular weight is 262 g/mol. The summed E-state index contributed by atoms with van der Waals surface area (Å²) in [6, 6.07) is 6.59. The van der Waals surface area contributed by atoms with Crippen LogP contribution in [0.5, 0.6) is 5.75 Å². The van der Waals surface area contributed by atoms with Gasteiger partial charge in [-0.25, -0.2) is 0 Å². The van der Waals surface area contributed by atoms with Gasteiger partial charge in [0.1, 0.15) is 5.75 Å². The Morgan fingerprint density at radius 1 is 1.37 bits per heavy atom. The highest BCUT2D eigenvalue weighted by Gasteiger charge is 2.12. The lowest BCUT2D eigenvalue weighted by Gasteiger charge is -2.18. The lowest BCUT2D eigenvalue weighted by atomic mass is 10.1. The van der Waals surface area contributed by atoms with E-state index >= 15 is 0 Å². The number of hydrogen-bond donors (Lipinski definition) is 1. The molecule has 1 aromatic rings. The summed E-state index contributed by atoms with van der Waals surface area (Å²) in [6.07, 6.45) is 1.06. The minimum absolute atomic E-state index is 0.724. The summed E-state index contributed by atoms with van der Waals surface area (Å²) in [5.74, 6) is 1.80. The fourth-order valence-corrected chi connectivity index (χ4v) is 2.39. The van der Waals surface area contributed by atoms with Crippen molar-refractivity contribution in [3.63, 3.8) is 0 Å². The molecule has 2 rings (SSSR count). The number of rotatable bonds is 7. The Balaban J connectivity index is 1.74. The minimum Gasteiger partial charge on any atom is -0.493 e. The maximum absolute atomic E-state index is 5.54. The summed E-state index contributed by atoms with van der Waals surface area (Å²) in [5, 5.41) is 3.48. The summed E-state index contributed by atoms with van der Waals surface area (Å²) >= 11 is 0. The van der Waals surface area contributed by atoms with Crippen molar-refractivity contribution < 1.29 is 4.74 Å². The Bertz CT molecular complexity index is 404. The number of hydrogen-bond acceptors (Lipinski definition) is 3. The van der Waals surface area contributed by atoms with Gasteiger partial charge >= 0.3 is 0 Å². The van der Waals surface area contributed by atoms with E-state index in [0.717, 1.165) is 50.9 Å². The molecule has 1 aliphatic rings. The van der Waals surface area contributed by atoms with Gasteiger partial charge in [-0.3, -0.25) is 0 Å². The first-order valence-corrected chi connectivity index (χ1v) is 7.29. The Labute approximate surface area is 116 Å². The van der Waals surface area contributed by atoms with Crippen molar-refractivity contribution in [2.75, 3.05) is 33.3 Å². The number of likely N-dealkylation sites (N-methyl/N-ethyl adjacent to an activating group) is 1. The molecule has 1 aliphatic heterocycles. The highest BCUT2D eigenvalue weighted by molar-refractivity contribution is 5.39. The van der Waals surface area contributed by atoms with Gasteiger partial charge < -0.3 is 15.0 Å². The van der Waals surface area contributed by atoms with Crippen molar-refractivity contribution in [2.45, 2.75) is 26.8 Å². The van der Waals surface area contributed by atoms with Crippen molar-refractivity contribution >= 4 is 0 Å². The topological polar surface area (TPSA) is 24.5 Å². The summed E-state index contributed by atoms with van der Waals surface area (Å²) in [7, 11) is 2.18. The van der Waals surface area contributed by atoms with Gasteiger partial charge in [0.15, 0.2) is 0 Å². The van der Waals surface area contributed by atoms with Crippen LogP contribution in [-0.4, -0.2) is 38.2 Å². The molecule has 1 aromatic carbocycles. The highest BCUT2D eigenvalue weighted by atomic mass is 16.5. The van der Waals surface area contributed by atoms with E-state index in [-0.39, 0.29) is 0 Å². The summed E-state index contributed by atoms with van der Waals surface area (Å²) in [4.78, 5) is 2.37. The Kier molecular flexibility index (Phi) is 5.23. The van der Waals surface area contributed by atoms with E-state index < -0.39 is 0 Å². The van der Waals surface area contributed by atoms with Crippen LogP contribution >= 0.6 is 0 Å². The molecule has 0 saturated heterocycles. The van der Waals surface area contributed by atoms with Gasteiger partial charge in [0.25, 0.3) is 0 Å². The zero-order valence-electron chi connectivity index (χ0n) is 12.4. The third-order valence-electron chi connectivity index (χ3n) is 3.43. The Morgan fingerprint density at radius 3 is 3.00 bits per heavy atom. The normalized spacial score (nSPS) is 13.9. The fraction of sp³-hybridized carbons (Fsp3) is 0.625.